The van der Waals surface area contributed by atoms with Gasteiger partial charge < -0.3 is 18.6 Å². The molecule has 0 aliphatic heterocycles. The van der Waals surface area contributed by atoms with Crippen molar-refractivity contribution in [2.75, 3.05) is 13.2 Å². The lowest BCUT2D eigenvalue weighted by Crippen LogP contribution is -2.02. The van der Waals surface area contributed by atoms with E-state index in [-0.39, 0.29) is 6.61 Å². The maximum atomic E-state index is 12.1. The lowest BCUT2D eigenvalue weighted by Gasteiger charge is -2.12. The highest BCUT2D eigenvalue weighted by atomic mass is 32.1. The molecule has 30 heavy (non-hydrogen) atoms. The quantitative estimate of drug-likeness (QED) is 0.307. The van der Waals surface area contributed by atoms with E-state index in [0.29, 0.717) is 42.1 Å². The Morgan fingerprint density at radius 3 is 2.80 bits per heavy atom. The summed E-state index contributed by atoms with van der Waals surface area (Å²) in [7, 11) is 0. The molecule has 6 nitrogen and oxygen atoms in total. The number of oxazole rings is 1. The van der Waals surface area contributed by atoms with Gasteiger partial charge in [0.2, 0.25) is 5.89 Å². The molecule has 0 bridgehead atoms. The van der Waals surface area contributed by atoms with E-state index >= 15 is 0 Å². The van der Waals surface area contributed by atoms with Crippen LogP contribution in [0.1, 0.15) is 37.3 Å². The van der Waals surface area contributed by atoms with Crippen molar-refractivity contribution in [2.24, 2.45) is 0 Å². The van der Waals surface area contributed by atoms with Crippen LogP contribution in [0.3, 0.4) is 0 Å². The smallest absolute Gasteiger partial charge is 0.331 e. The molecule has 158 valence electrons. The Labute approximate surface area is 180 Å². The van der Waals surface area contributed by atoms with Gasteiger partial charge in [-0.25, -0.2) is 9.78 Å². The third kappa shape index (κ3) is 5.73. The van der Waals surface area contributed by atoms with E-state index in [1.165, 1.54) is 6.08 Å². The van der Waals surface area contributed by atoms with Crippen LogP contribution < -0.4 is 9.47 Å². The molecule has 7 heteroatoms. The van der Waals surface area contributed by atoms with E-state index in [2.05, 4.69) is 4.98 Å². The van der Waals surface area contributed by atoms with E-state index in [4.69, 9.17) is 18.6 Å². The zero-order chi connectivity index (χ0) is 21.3. The lowest BCUT2D eigenvalue weighted by atomic mass is 10.2. The Bertz CT molecular complexity index is 991. The Hall–Kier alpha value is -3.06. The van der Waals surface area contributed by atoms with Crippen LogP contribution in [0.25, 0.3) is 16.8 Å². The topological polar surface area (TPSA) is 70.8 Å². The number of carbonyl (C=O) groups excluding carboxylic acids is 1. The van der Waals surface area contributed by atoms with Crippen molar-refractivity contribution < 1.29 is 23.4 Å². The van der Waals surface area contributed by atoms with Gasteiger partial charge >= 0.3 is 5.97 Å². The molecule has 0 unspecified atom stereocenters. The fourth-order valence-electron chi connectivity index (χ4n) is 2.65. The van der Waals surface area contributed by atoms with Crippen molar-refractivity contribution in [1.82, 2.24) is 4.98 Å². The summed E-state index contributed by atoms with van der Waals surface area (Å²) in [6, 6.07) is 9.42. The number of esters is 1. The Balaban J connectivity index is 1.60. The number of thiophene rings is 1. The first-order chi connectivity index (χ1) is 14.6. The molecule has 0 fully saturated rings. The third-order valence-corrected chi connectivity index (χ3v) is 4.97. The summed E-state index contributed by atoms with van der Waals surface area (Å²) in [4.78, 5) is 17.5. The highest BCUT2D eigenvalue weighted by Gasteiger charge is 2.13. The summed E-state index contributed by atoms with van der Waals surface area (Å²) in [6.07, 6.45) is 3.98. The molecule has 3 rings (SSSR count). The number of nitrogens with zero attached hydrogens (tertiary/aromatic N) is 1. The molecule has 0 spiro atoms. The van der Waals surface area contributed by atoms with Gasteiger partial charge in [-0.1, -0.05) is 19.1 Å². The average Bonchev–Trinajstić information content (AvgIpc) is 3.40. The molecule has 0 saturated heterocycles. The predicted octanol–water partition coefficient (Wildman–Crippen LogP) is 5.66. The molecular weight excluding hydrogens is 402 g/mol. The van der Waals surface area contributed by atoms with Gasteiger partial charge in [-0.05, 0) is 55.5 Å². The lowest BCUT2D eigenvalue weighted by molar-refractivity contribution is -0.139. The van der Waals surface area contributed by atoms with Gasteiger partial charge in [0.25, 0.3) is 0 Å². The van der Waals surface area contributed by atoms with Crippen LogP contribution in [-0.2, 0) is 16.1 Å². The van der Waals surface area contributed by atoms with Crippen LogP contribution in [0.15, 0.2) is 46.2 Å². The van der Waals surface area contributed by atoms with Crippen molar-refractivity contribution in [2.45, 2.75) is 33.8 Å². The number of aromatic nitrogens is 1. The fraction of sp³-hybridized carbons (Fsp3) is 0.304. The highest BCUT2D eigenvalue weighted by molar-refractivity contribution is 7.13. The summed E-state index contributed by atoms with van der Waals surface area (Å²) in [5.41, 5.74) is 1.42. The maximum Gasteiger partial charge on any atom is 0.331 e. The van der Waals surface area contributed by atoms with Crippen molar-refractivity contribution in [3.8, 4) is 22.3 Å². The Morgan fingerprint density at radius 2 is 2.07 bits per heavy atom. The second-order valence-electron chi connectivity index (χ2n) is 6.43. The number of carbonyl (C=O) groups is 1. The van der Waals surface area contributed by atoms with Gasteiger partial charge in [0, 0.05) is 6.08 Å². The summed E-state index contributed by atoms with van der Waals surface area (Å²) < 4.78 is 22.3. The van der Waals surface area contributed by atoms with Gasteiger partial charge in [-0.3, -0.25) is 0 Å². The van der Waals surface area contributed by atoms with Crippen LogP contribution in [0.5, 0.6) is 11.5 Å². The predicted molar refractivity (Wildman–Crippen MR) is 117 cm³/mol. The molecule has 0 amide bonds. The van der Waals surface area contributed by atoms with Crippen LogP contribution in [0, 0.1) is 6.92 Å². The van der Waals surface area contributed by atoms with Crippen LogP contribution in [0.4, 0.5) is 0 Å². The first-order valence-corrected chi connectivity index (χ1v) is 10.7. The van der Waals surface area contributed by atoms with Gasteiger partial charge in [-0.2, -0.15) is 0 Å². The molecule has 2 aromatic heterocycles. The van der Waals surface area contributed by atoms with Gasteiger partial charge in [0.05, 0.1) is 18.1 Å². The minimum atomic E-state index is -0.459. The normalized spacial score (nSPS) is 11.0. The zero-order valence-corrected chi connectivity index (χ0v) is 18.2. The standard InChI is InChI=1S/C23H25NO5S/c1-4-12-27-19-10-8-17(14-20(19)26-5-2)9-11-22(25)28-15-18-16(3)29-23(24-18)21-7-6-13-30-21/h6-11,13-14H,4-5,12,15H2,1-3H3/b11-9+. The largest absolute Gasteiger partial charge is 0.490 e. The van der Waals surface area contributed by atoms with Gasteiger partial charge in [0.1, 0.15) is 18.1 Å². The summed E-state index contributed by atoms with van der Waals surface area (Å²) in [6.45, 7) is 6.98. The number of benzene rings is 1. The van der Waals surface area contributed by atoms with Crippen molar-refractivity contribution in [3.63, 3.8) is 0 Å². The van der Waals surface area contributed by atoms with Crippen LogP contribution in [0.2, 0.25) is 0 Å². The minimum absolute atomic E-state index is 0.0534. The molecular formula is C23H25NO5S. The molecule has 0 radical (unpaired) electrons. The third-order valence-electron chi connectivity index (χ3n) is 4.12. The van der Waals surface area contributed by atoms with Crippen molar-refractivity contribution in [1.29, 1.82) is 0 Å². The minimum Gasteiger partial charge on any atom is -0.490 e. The molecule has 0 atom stereocenters. The van der Waals surface area contributed by atoms with Crippen LogP contribution in [-0.4, -0.2) is 24.2 Å². The molecule has 1 aromatic carbocycles. The van der Waals surface area contributed by atoms with Crippen molar-refractivity contribution in [3.05, 3.63) is 58.8 Å². The number of hydrogen-bond acceptors (Lipinski definition) is 7. The Kier molecular flexibility index (Phi) is 7.68. The molecule has 2 heterocycles. The number of ether oxygens (including phenoxy) is 3. The van der Waals surface area contributed by atoms with Crippen LogP contribution >= 0.6 is 11.3 Å². The van der Waals surface area contributed by atoms with Gasteiger partial charge in [0.15, 0.2) is 11.5 Å². The SMILES string of the molecule is CCCOc1ccc(/C=C/C(=O)OCc2nc(-c3cccs3)oc2C)cc1OCC. The Morgan fingerprint density at radius 1 is 1.20 bits per heavy atom. The second kappa shape index (κ2) is 10.6. The first kappa shape index (κ1) is 21.6. The molecule has 0 aliphatic rings. The monoisotopic (exact) mass is 427 g/mol. The summed E-state index contributed by atoms with van der Waals surface area (Å²) in [5, 5.41) is 1.96. The zero-order valence-electron chi connectivity index (χ0n) is 17.3. The number of aryl methyl sites for hydroxylation is 1. The molecule has 3 aromatic rings. The van der Waals surface area contributed by atoms with Gasteiger partial charge in [-0.15, -0.1) is 11.3 Å². The molecule has 0 N–H and O–H groups in total. The second-order valence-corrected chi connectivity index (χ2v) is 7.38. The number of rotatable bonds is 10. The average molecular weight is 428 g/mol. The van der Waals surface area contributed by atoms with Crippen molar-refractivity contribution >= 4 is 23.4 Å². The summed E-state index contributed by atoms with van der Waals surface area (Å²) >= 11 is 1.54. The highest BCUT2D eigenvalue weighted by Crippen LogP contribution is 2.29. The maximum absolute atomic E-state index is 12.1. The first-order valence-electron chi connectivity index (χ1n) is 9.85. The van der Waals surface area contributed by atoms with E-state index in [9.17, 15) is 4.79 Å². The van der Waals surface area contributed by atoms with E-state index in [1.54, 1.807) is 24.3 Å². The van der Waals surface area contributed by atoms with E-state index in [0.717, 1.165) is 16.9 Å². The van der Waals surface area contributed by atoms with E-state index < -0.39 is 5.97 Å². The fourth-order valence-corrected chi connectivity index (χ4v) is 3.30. The molecule has 0 aliphatic carbocycles. The summed E-state index contributed by atoms with van der Waals surface area (Å²) in [5.74, 6) is 2.07. The number of hydrogen-bond donors (Lipinski definition) is 0. The molecule has 0 saturated carbocycles. The van der Waals surface area contributed by atoms with E-state index in [1.807, 2.05) is 49.6 Å².